The molecule has 0 radical (unpaired) electrons. The summed E-state index contributed by atoms with van der Waals surface area (Å²) in [5.41, 5.74) is 8.69. The Kier molecular flexibility index (Phi) is 6.53. The van der Waals surface area contributed by atoms with Crippen LogP contribution in [0.4, 0.5) is 0 Å². The Hall–Kier alpha value is -0.600. The van der Waals surface area contributed by atoms with Gasteiger partial charge in [0.15, 0.2) is 0 Å². The van der Waals surface area contributed by atoms with Gasteiger partial charge in [-0.1, -0.05) is 47.0 Å². The summed E-state index contributed by atoms with van der Waals surface area (Å²) in [7, 11) is 0. The van der Waals surface area contributed by atoms with Crippen molar-refractivity contribution in [2.24, 2.45) is 5.73 Å². The number of unbranched alkanes of at least 4 members (excludes halogenated alkanes) is 3. The van der Waals surface area contributed by atoms with Crippen LogP contribution in [0.25, 0.3) is 0 Å². The Bertz CT molecular complexity index is 360. The molecule has 1 aromatic rings. The second-order valence-corrected chi connectivity index (χ2v) is 5.41. The van der Waals surface area contributed by atoms with Gasteiger partial charge in [0.1, 0.15) is 0 Å². The monoisotopic (exact) mass is 295 g/mol. The molecule has 1 atom stereocenters. The molecule has 0 saturated heterocycles. The molecule has 0 aromatic heterocycles. The van der Waals surface area contributed by atoms with Crippen LogP contribution < -0.4 is 5.73 Å². The maximum Gasteiger partial charge on any atom is 0.0306 e. The van der Waals surface area contributed by atoms with Gasteiger partial charge in [-0.05, 0) is 43.4 Å². The average Bonchev–Trinajstić information content (AvgIpc) is 2.28. The van der Waals surface area contributed by atoms with E-state index >= 15 is 0 Å². The molecular formula is C15H22BrN. The van der Waals surface area contributed by atoms with E-state index in [1.807, 2.05) is 6.08 Å². The van der Waals surface area contributed by atoms with Crippen LogP contribution in [0.2, 0.25) is 0 Å². The highest BCUT2D eigenvalue weighted by Crippen LogP contribution is 2.26. The van der Waals surface area contributed by atoms with Crippen LogP contribution in [0.3, 0.4) is 0 Å². The van der Waals surface area contributed by atoms with Crippen molar-refractivity contribution in [2.75, 3.05) is 0 Å². The Morgan fingerprint density at radius 1 is 1.35 bits per heavy atom. The number of benzene rings is 1. The van der Waals surface area contributed by atoms with E-state index in [0.29, 0.717) is 0 Å². The molecular weight excluding hydrogens is 274 g/mol. The summed E-state index contributed by atoms with van der Waals surface area (Å²) >= 11 is 3.59. The molecule has 1 aromatic carbocycles. The highest BCUT2D eigenvalue weighted by atomic mass is 79.9. The second kappa shape index (κ2) is 7.67. The zero-order valence-electron chi connectivity index (χ0n) is 10.6. The van der Waals surface area contributed by atoms with Crippen LogP contribution in [-0.4, -0.2) is 0 Å². The maximum atomic E-state index is 6.21. The Labute approximate surface area is 113 Å². The van der Waals surface area contributed by atoms with Gasteiger partial charge >= 0.3 is 0 Å². The minimum atomic E-state index is 0.147. The van der Waals surface area contributed by atoms with E-state index < -0.39 is 0 Å². The van der Waals surface area contributed by atoms with Gasteiger partial charge in [-0.25, -0.2) is 0 Å². The van der Waals surface area contributed by atoms with E-state index in [0.717, 1.165) is 17.3 Å². The van der Waals surface area contributed by atoms with Crippen molar-refractivity contribution in [1.82, 2.24) is 0 Å². The number of hydrogen-bond donors (Lipinski definition) is 1. The lowest BCUT2D eigenvalue weighted by Gasteiger charge is -2.14. The van der Waals surface area contributed by atoms with E-state index in [-0.39, 0.29) is 6.04 Å². The van der Waals surface area contributed by atoms with Crippen molar-refractivity contribution in [3.63, 3.8) is 0 Å². The molecule has 17 heavy (non-hydrogen) atoms. The first-order chi connectivity index (χ1) is 8.15. The zero-order chi connectivity index (χ0) is 12.7. The third kappa shape index (κ3) is 5.05. The van der Waals surface area contributed by atoms with Crippen molar-refractivity contribution in [3.05, 3.63) is 46.5 Å². The van der Waals surface area contributed by atoms with Crippen LogP contribution >= 0.6 is 15.9 Å². The molecule has 1 unspecified atom stereocenters. The Balaban J connectivity index is 2.41. The molecule has 1 rings (SSSR count). The summed E-state index contributed by atoms with van der Waals surface area (Å²) < 4.78 is 1.14. The lowest BCUT2D eigenvalue weighted by atomic mass is 10.00. The van der Waals surface area contributed by atoms with Gasteiger partial charge in [-0.3, -0.25) is 0 Å². The first kappa shape index (κ1) is 14.5. The van der Waals surface area contributed by atoms with Gasteiger partial charge in [0.05, 0.1) is 0 Å². The summed E-state index contributed by atoms with van der Waals surface area (Å²) in [5, 5.41) is 0. The van der Waals surface area contributed by atoms with Crippen molar-refractivity contribution >= 4 is 15.9 Å². The molecule has 2 N–H and O–H groups in total. The highest BCUT2D eigenvalue weighted by molar-refractivity contribution is 9.10. The van der Waals surface area contributed by atoms with Crippen molar-refractivity contribution in [1.29, 1.82) is 0 Å². The molecule has 0 aliphatic rings. The number of allylic oxidation sites excluding steroid dienone is 1. The maximum absolute atomic E-state index is 6.21. The molecule has 0 fully saturated rings. The van der Waals surface area contributed by atoms with E-state index in [4.69, 9.17) is 5.73 Å². The minimum Gasteiger partial charge on any atom is -0.324 e. The summed E-state index contributed by atoms with van der Waals surface area (Å²) in [4.78, 5) is 0. The third-order valence-corrected chi connectivity index (χ3v) is 3.67. The standard InChI is InChI=1S/C15H22BrN/c1-3-4-5-6-7-8-15(17)13-10-9-12(2)11-14(13)16/h3,9-11,15H,1,4-8,17H2,2H3. The fraction of sp³-hybridized carbons (Fsp3) is 0.467. The number of rotatable bonds is 7. The number of aryl methyl sites for hydroxylation is 1. The third-order valence-electron chi connectivity index (χ3n) is 2.98. The second-order valence-electron chi connectivity index (χ2n) is 4.56. The van der Waals surface area contributed by atoms with Gasteiger partial charge in [0.2, 0.25) is 0 Å². The van der Waals surface area contributed by atoms with Crippen LogP contribution in [0.1, 0.15) is 49.3 Å². The van der Waals surface area contributed by atoms with Crippen LogP contribution in [-0.2, 0) is 0 Å². The summed E-state index contributed by atoms with van der Waals surface area (Å²) in [5.74, 6) is 0. The van der Waals surface area contributed by atoms with Gasteiger partial charge in [-0.2, -0.15) is 0 Å². The van der Waals surface area contributed by atoms with E-state index in [1.54, 1.807) is 0 Å². The smallest absolute Gasteiger partial charge is 0.0306 e. The average molecular weight is 296 g/mol. The van der Waals surface area contributed by atoms with Crippen LogP contribution in [0.15, 0.2) is 35.3 Å². The predicted molar refractivity (Wildman–Crippen MR) is 79.1 cm³/mol. The normalized spacial score (nSPS) is 12.4. The molecule has 0 bridgehead atoms. The topological polar surface area (TPSA) is 26.0 Å². The summed E-state index contributed by atoms with van der Waals surface area (Å²) in [6, 6.07) is 6.53. The lowest BCUT2D eigenvalue weighted by Crippen LogP contribution is -2.10. The fourth-order valence-electron chi connectivity index (χ4n) is 1.92. The molecule has 0 aliphatic carbocycles. The number of nitrogens with two attached hydrogens (primary N) is 1. The Morgan fingerprint density at radius 3 is 2.76 bits per heavy atom. The largest absolute Gasteiger partial charge is 0.324 e. The SMILES string of the molecule is C=CCCCCCC(N)c1ccc(C)cc1Br. The summed E-state index contributed by atoms with van der Waals surface area (Å²) in [6.07, 6.45) is 7.81. The highest BCUT2D eigenvalue weighted by Gasteiger charge is 2.09. The predicted octanol–water partition coefficient (Wildman–Crippen LogP) is 4.89. The molecule has 2 heteroatoms. The fourth-order valence-corrected chi connectivity index (χ4v) is 2.71. The first-order valence-electron chi connectivity index (χ1n) is 6.27. The number of halogens is 1. The van der Waals surface area contributed by atoms with Gasteiger partial charge in [0, 0.05) is 10.5 Å². The van der Waals surface area contributed by atoms with Crippen molar-refractivity contribution < 1.29 is 0 Å². The van der Waals surface area contributed by atoms with Gasteiger partial charge in [-0.15, -0.1) is 6.58 Å². The van der Waals surface area contributed by atoms with Gasteiger partial charge in [0.25, 0.3) is 0 Å². The van der Waals surface area contributed by atoms with E-state index in [1.165, 1.54) is 30.4 Å². The van der Waals surface area contributed by atoms with E-state index in [2.05, 4.69) is 47.6 Å². The van der Waals surface area contributed by atoms with E-state index in [9.17, 15) is 0 Å². The van der Waals surface area contributed by atoms with Crippen molar-refractivity contribution in [3.8, 4) is 0 Å². The molecule has 0 aliphatic heterocycles. The molecule has 0 spiro atoms. The first-order valence-corrected chi connectivity index (χ1v) is 7.07. The zero-order valence-corrected chi connectivity index (χ0v) is 12.2. The van der Waals surface area contributed by atoms with Crippen molar-refractivity contribution in [2.45, 2.75) is 45.1 Å². The number of hydrogen-bond acceptors (Lipinski definition) is 1. The molecule has 0 saturated carbocycles. The lowest BCUT2D eigenvalue weighted by molar-refractivity contribution is 0.571. The molecule has 0 heterocycles. The quantitative estimate of drug-likeness (QED) is 0.562. The molecule has 1 nitrogen and oxygen atoms in total. The van der Waals surface area contributed by atoms with Crippen LogP contribution in [0, 0.1) is 6.92 Å². The molecule has 94 valence electrons. The van der Waals surface area contributed by atoms with Crippen LogP contribution in [0.5, 0.6) is 0 Å². The molecule has 0 amide bonds. The minimum absolute atomic E-state index is 0.147. The van der Waals surface area contributed by atoms with Gasteiger partial charge < -0.3 is 5.73 Å². The summed E-state index contributed by atoms with van der Waals surface area (Å²) in [6.45, 7) is 5.82. The Morgan fingerprint density at radius 2 is 2.12 bits per heavy atom.